The SMILES string of the molecule is O=C(O)CCC=CC1CC(=O)c2c([nH]c(-c3ccncc3)c2Cc2ccccc2)C1. The van der Waals surface area contributed by atoms with Gasteiger partial charge in [0.25, 0.3) is 0 Å². The van der Waals surface area contributed by atoms with E-state index in [2.05, 4.69) is 22.1 Å². The zero-order valence-electron chi connectivity index (χ0n) is 16.7. The number of carbonyl (C=O) groups is 2. The van der Waals surface area contributed by atoms with Gasteiger partial charge in [-0.15, -0.1) is 0 Å². The molecule has 0 aliphatic heterocycles. The van der Waals surface area contributed by atoms with Crippen LogP contribution in [0.3, 0.4) is 0 Å². The number of nitrogens with one attached hydrogen (secondary N) is 1. The summed E-state index contributed by atoms with van der Waals surface area (Å²) in [5.41, 5.74) is 6.00. The van der Waals surface area contributed by atoms with Gasteiger partial charge in [-0.1, -0.05) is 42.5 Å². The number of Topliss-reactive ketones (excluding diaryl/α,β-unsaturated/α-hetero) is 1. The molecular formula is C25H24N2O3. The number of aromatic amines is 1. The number of carbonyl (C=O) groups excluding carboxylic acids is 1. The number of pyridine rings is 1. The van der Waals surface area contributed by atoms with Gasteiger partial charge >= 0.3 is 5.97 Å². The fourth-order valence-corrected chi connectivity index (χ4v) is 4.13. The van der Waals surface area contributed by atoms with E-state index in [9.17, 15) is 9.59 Å². The van der Waals surface area contributed by atoms with Crippen LogP contribution >= 0.6 is 0 Å². The largest absolute Gasteiger partial charge is 0.481 e. The van der Waals surface area contributed by atoms with Crippen molar-refractivity contribution in [3.63, 3.8) is 0 Å². The molecule has 4 rings (SSSR count). The highest BCUT2D eigenvalue weighted by atomic mass is 16.4. The van der Waals surface area contributed by atoms with Crippen molar-refractivity contribution in [3.8, 4) is 11.3 Å². The Hall–Kier alpha value is -3.47. The van der Waals surface area contributed by atoms with Crippen LogP contribution in [0.1, 0.15) is 46.4 Å². The van der Waals surface area contributed by atoms with Crippen LogP contribution in [-0.4, -0.2) is 26.8 Å². The number of ketones is 1. The lowest BCUT2D eigenvalue weighted by Gasteiger charge is -2.19. The third-order valence-electron chi connectivity index (χ3n) is 5.50. The number of fused-ring (bicyclic) bond motifs is 1. The monoisotopic (exact) mass is 400 g/mol. The highest BCUT2D eigenvalue weighted by Gasteiger charge is 2.30. The standard InChI is InChI=1S/C25H24N2O3/c28-22-16-18(8-4-5-9-23(29)30)15-21-24(22)20(14-17-6-2-1-3-7-17)25(27-21)19-10-12-26-13-11-19/h1-4,6-8,10-13,18,27H,5,9,14-16H2,(H,29,30). The van der Waals surface area contributed by atoms with Gasteiger partial charge in [0.05, 0.1) is 5.69 Å². The summed E-state index contributed by atoms with van der Waals surface area (Å²) in [6.07, 6.45) is 9.88. The van der Waals surface area contributed by atoms with E-state index >= 15 is 0 Å². The number of allylic oxidation sites excluding steroid dienone is 2. The van der Waals surface area contributed by atoms with E-state index in [0.29, 0.717) is 19.3 Å². The molecule has 0 fully saturated rings. The molecule has 0 radical (unpaired) electrons. The highest BCUT2D eigenvalue weighted by molar-refractivity contribution is 6.02. The minimum Gasteiger partial charge on any atom is -0.481 e. The number of hydrogen-bond acceptors (Lipinski definition) is 3. The molecule has 5 nitrogen and oxygen atoms in total. The Morgan fingerprint density at radius 1 is 1.13 bits per heavy atom. The van der Waals surface area contributed by atoms with Crippen LogP contribution in [0.5, 0.6) is 0 Å². The van der Waals surface area contributed by atoms with Gasteiger partial charge in [-0.3, -0.25) is 14.6 Å². The second-order valence-corrected chi connectivity index (χ2v) is 7.68. The van der Waals surface area contributed by atoms with Crippen LogP contribution in [0.4, 0.5) is 0 Å². The van der Waals surface area contributed by atoms with Gasteiger partial charge in [0.15, 0.2) is 5.78 Å². The molecule has 2 aromatic heterocycles. The molecule has 1 aliphatic carbocycles. The molecule has 1 aliphatic rings. The second kappa shape index (κ2) is 8.91. The number of benzene rings is 1. The summed E-state index contributed by atoms with van der Waals surface area (Å²) in [6.45, 7) is 0. The average molecular weight is 400 g/mol. The normalized spacial score (nSPS) is 16.0. The fourth-order valence-electron chi connectivity index (χ4n) is 4.13. The van der Waals surface area contributed by atoms with Crippen molar-refractivity contribution in [2.24, 2.45) is 5.92 Å². The first-order chi connectivity index (χ1) is 14.6. The number of aromatic nitrogens is 2. The van der Waals surface area contributed by atoms with Crippen LogP contribution in [-0.2, 0) is 17.6 Å². The summed E-state index contributed by atoms with van der Waals surface area (Å²) in [4.78, 5) is 31.5. The van der Waals surface area contributed by atoms with Gasteiger partial charge in [-0.25, -0.2) is 0 Å². The number of rotatable bonds is 7. The van der Waals surface area contributed by atoms with Crippen molar-refractivity contribution in [2.45, 2.75) is 32.1 Å². The molecule has 0 saturated heterocycles. The topological polar surface area (TPSA) is 83.0 Å². The Kier molecular flexibility index (Phi) is 5.89. The smallest absolute Gasteiger partial charge is 0.303 e. The predicted octanol–water partition coefficient (Wildman–Crippen LogP) is 4.83. The van der Waals surface area contributed by atoms with Crippen molar-refractivity contribution in [2.75, 3.05) is 0 Å². The third kappa shape index (κ3) is 4.40. The van der Waals surface area contributed by atoms with Crippen molar-refractivity contribution in [1.82, 2.24) is 9.97 Å². The number of carboxylic acid groups (broad SMARTS) is 1. The molecule has 1 unspecified atom stereocenters. The molecule has 1 atom stereocenters. The van der Waals surface area contributed by atoms with E-state index in [1.54, 1.807) is 12.4 Å². The van der Waals surface area contributed by atoms with Crippen LogP contribution < -0.4 is 0 Å². The first-order valence-electron chi connectivity index (χ1n) is 10.2. The maximum atomic E-state index is 13.1. The van der Waals surface area contributed by atoms with E-state index in [4.69, 9.17) is 5.11 Å². The lowest BCUT2D eigenvalue weighted by molar-refractivity contribution is -0.136. The Labute approximate surface area is 175 Å². The van der Waals surface area contributed by atoms with Gasteiger partial charge in [0.2, 0.25) is 0 Å². The molecule has 0 spiro atoms. The zero-order chi connectivity index (χ0) is 20.9. The molecule has 5 heteroatoms. The number of H-pyrrole nitrogens is 1. The number of aliphatic carboxylic acids is 1. The maximum absolute atomic E-state index is 13.1. The molecule has 1 aromatic carbocycles. The van der Waals surface area contributed by atoms with Gasteiger partial charge < -0.3 is 10.1 Å². The molecule has 2 heterocycles. The minimum atomic E-state index is -0.807. The van der Waals surface area contributed by atoms with Crippen molar-refractivity contribution < 1.29 is 14.7 Å². The summed E-state index contributed by atoms with van der Waals surface area (Å²) < 4.78 is 0. The van der Waals surface area contributed by atoms with Crippen molar-refractivity contribution in [1.29, 1.82) is 0 Å². The van der Waals surface area contributed by atoms with E-state index < -0.39 is 5.97 Å². The number of hydrogen-bond donors (Lipinski definition) is 2. The Bertz CT molecular complexity index is 1070. The number of carboxylic acids is 1. The molecule has 0 saturated carbocycles. The first-order valence-corrected chi connectivity index (χ1v) is 10.2. The average Bonchev–Trinajstić information content (AvgIpc) is 3.11. The van der Waals surface area contributed by atoms with Crippen molar-refractivity contribution >= 4 is 11.8 Å². The Morgan fingerprint density at radius 3 is 2.63 bits per heavy atom. The van der Waals surface area contributed by atoms with E-state index in [1.165, 1.54) is 0 Å². The minimum absolute atomic E-state index is 0.0901. The predicted molar refractivity (Wildman–Crippen MR) is 115 cm³/mol. The highest BCUT2D eigenvalue weighted by Crippen LogP contribution is 2.36. The molecule has 2 N–H and O–H groups in total. The van der Waals surface area contributed by atoms with Gasteiger partial charge in [-0.05, 0) is 42.0 Å². The van der Waals surface area contributed by atoms with Gasteiger partial charge in [-0.2, -0.15) is 0 Å². The molecule has 3 aromatic rings. The molecule has 30 heavy (non-hydrogen) atoms. The fraction of sp³-hybridized carbons (Fsp3) is 0.240. The number of nitrogens with zero attached hydrogens (tertiary/aromatic N) is 1. The lowest BCUT2D eigenvalue weighted by Crippen LogP contribution is -2.19. The van der Waals surface area contributed by atoms with Crippen LogP contribution in [0.2, 0.25) is 0 Å². The third-order valence-corrected chi connectivity index (χ3v) is 5.50. The summed E-state index contributed by atoms with van der Waals surface area (Å²) in [5.74, 6) is -0.572. The van der Waals surface area contributed by atoms with E-state index in [-0.39, 0.29) is 18.1 Å². The quantitative estimate of drug-likeness (QED) is 0.556. The summed E-state index contributed by atoms with van der Waals surface area (Å²) in [7, 11) is 0. The molecular weight excluding hydrogens is 376 g/mol. The van der Waals surface area contributed by atoms with E-state index in [0.717, 1.165) is 40.1 Å². The molecule has 152 valence electrons. The lowest BCUT2D eigenvalue weighted by atomic mass is 9.83. The second-order valence-electron chi connectivity index (χ2n) is 7.68. The zero-order valence-corrected chi connectivity index (χ0v) is 16.7. The summed E-state index contributed by atoms with van der Waals surface area (Å²) in [5, 5.41) is 8.79. The van der Waals surface area contributed by atoms with Gasteiger partial charge in [0.1, 0.15) is 0 Å². The van der Waals surface area contributed by atoms with E-state index in [1.807, 2.05) is 42.5 Å². The first kappa shape index (κ1) is 19.8. The maximum Gasteiger partial charge on any atom is 0.303 e. The Balaban J connectivity index is 1.67. The summed E-state index contributed by atoms with van der Waals surface area (Å²) >= 11 is 0. The van der Waals surface area contributed by atoms with Crippen LogP contribution in [0.25, 0.3) is 11.3 Å². The molecule has 0 amide bonds. The van der Waals surface area contributed by atoms with Crippen LogP contribution in [0.15, 0.2) is 67.0 Å². The van der Waals surface area contributed by atoms with Gasteiger partial charge in [0, 0.05) is 48.5 Å². The van der Waals surface area contributed by atoms with Crippen molar-refractivity contribution in [3.05, 3.63) is 89.4 Å². The van der Waals surface area contributed by atoms with Crippen LogP contribution in [0, 0.1) is 5.92 Å². The Morgan fingerprint density at radius 2 is 1.90 bits per heavy atom. The molecule has 0 bridgehead atoms. The summed E-state index contributed by atoms with van der Waals surface area (Å²) in [6, 6.07) is 14.1.